The third-order valence-corrected chi connectivity index (χ3v) is 4.30. The Morgan fingerprint density at radius 3 is 2.72 bits per heavy atom. The first-order valence-corrected chi connectivity index (χ1v) is 8.75. The second-order valence-corrected chi connectivity index (χ2v) is 6.03. The van der Waals surface area contributed by atoms with Crippen LogP contribution >= 0.6 is 0 Å². The Morgan fingerprint density at radius 1 is 1.03 bits per heavy atom. The van der Waals surface area contributed by atoms with E-state index in [0.29, 0.717) is 28.5 Å². The summed E-state index contributed by atoms with van der Waals surface area (Å²) in [4.78, 5) is 21.0. The molecule has 2 aromatic carbocycles. The van der Waals surface area contributed by atoms with E-state index >= 15 is 0 Å². The number of ether oxygens (including phenoxy) is 3. The second kappa shape index (κ2) is 7.97. The van der Waals surface area contributed by atoms with Crippen molar-refractivity contribution in [1.82, 2.24) is 15.1 Å². The van der Waals surface area contributed by atoms with E-state index < -0.39 is 5.97 Å². The quantitative estimate of drug-likeness (QED) is 0.460. The minimum absolute atomic E-state index is 0.143. The van der Waals surface area contributed by atoms with Crippen LogP contribution in [0.25, 0.3) is 22.3 Å². The number of rotatable bonds is 6. The van der Waals surface area contributed by atoms with Crippen molar-refractivity contribution in [2.24, 2.45) is 0 Å². The first-order valence-electron chi connectivity index (χ1n) is 8.75. The molecule has 0 saturated heterocycles. The molecule has 0 atom stereocenters. The summed E-state index contributed by atoms with van der Waals surface area (Å²) in [6.45, 7) is -0.143. The summed E-state index contributed by atoms with van der Waals surface area (Å²) in [6, 6.07) is 14.1. The molecule has 146 valence electrons. The Morgan fingerprint density at radius 2 is 1.90 bits per heavy atom. The summed E-state index contributed by atoms with van der Waals surface area (Å²) in [5.74, 6) is 1.19. The molecule has 0 amide bonds. The number of hydrogen-bond acceptors (Lipinski definition) is 8. The number of benzene rings is 2. The Bertz CT molecular complexity index is 1170. The molecule has 0 bridgehead atoms. The number of esters is 1. The van der Waals surface area contributed by atoms with Crippen LogP contribution in [-0.2, 0) is 11.3 Å². The van der Waals surface area contributed by atoms with Gasteiger partial charge in [0.2, 0.25) is 5.82 Å². The molecule has 0 aliphatic carbocycles. The first-order chi connectivity index (χ1) is 14.2. The van der Waals surface area contributed by atoms with E-state index in [0.717, 1.165) is 10.9 Å². The second-order valence-electron chi connectivity index (χ2n) is 6.03. The van der Waals surface area contributed by atoms with Gasteiger partial charge in [-0.1, -0.05) is 17.3 Å². The molecule has 0 fully saturated rings. The average molecular weight is 391 g/mol. The van der Waals surface area contributed by atoms with Crippen molar-refractivity contribution in [3.63, 3.8) is 0 Å². The summed E-state index contributed by atoms with van der Waals surface area (Å²) in [7, 11) is 3.11. The largest absolute Gasteiger partial charge is 0.493 e. The van der Waals surface area contributed by atoms with Crippen molar-refractivity contribution in [3.05, 3.63) is 66.2 Å². The lowest BCUT2D eigenvalue weighted by molar-refractivity contribution is 0.0432. The lowest BCUT2D eigenvalue weighted by atomic mass is 10.1. The summed E-state index contributed by atoms with van der Waals surface area (Å²) in [5.41, 5.74) is 1.83. The third kappa shape index (κ3) is 3.73. The van der Waals surface area contributed by atoms with Gasteiger partial charge >= 0.3 is 5.97 Å². The Balaban J connectivity index is 1.49. The maximum Gasteiger partial charge on any atom is 0.339 e. The fraction of sp³-hybridized carbons (Fsp3) is 0.143. The van der Waals surface area contributed by atoms with Gasteiger partial charge in [-0.25, -0.2) is 4.79 Å². The molecule has 0 spiro atoms. The van der Waals surface area contributed by atoms with Crippen LogP contribution in [-0.4, -0.2) is 35.3 Å². The smallest absolute Gasteiger partial charge is 0.339 e. The van der Waals surface area contributed by atoms with E-state index in [1.807, 2.05) is 12.1 Å². The van der Waals surface area contributed by atoms with Crippen molar-refractivity contribution >= 4 is 16.9 Å². The molecule has 4 aromatic rings. The average Bonchev–Trinajstić information content (AvgIpc) is 3.25. The molecular weight excluding hydrogens is 374 g/mol. The van der Waals surface area contributed by atoms with E-state index in [9.17, 15) is 4.79 Å². The molecular formula is C21H17N3O5. The topological polar surface area (TPSA) is 96.6 Å². The fourth-order valence-electron chi connectivity index (χ4n) is 2.89. The van der Waals surface area contributed by atoms with Gasteiger partial charge in [0, 0.05) is 17.1 Å². The van der Waals surface area contributed by atoms with Crippen molar-refractivity contribution in [1.29, 1.82) is 0 Å². The molecule has 0 aliphatic rings. The summed E-state index contributed by atoms with van der Waals surface area (Å²) in [5, 5.41) is 4.65. The SMILES string of the molecule is COc1ccc(-c2noc(COC(=O)c3cccc4ncccc34)n2)cc1OC. The van der Waals surface area contributed by atoms with E-state index in [-0.39, 0.29) is 12.5 Å². The van der Waals surface area contributed by atoms with Crippen LogP contribution in [0.1, 0.15) is 16.2 Å². The van der Waals surface area contributed by atoms with Crippen LogP contribution in [0.5, 0.6) is 11.5 Å². The standard InChI is InChI=1S/C21H17N3O5/c1-26-17-9-8-13(11-18(17)27-2)20-23-19(29-24-20)12-28-21(25)15-5-3-7-16-14(15)6-4-10-22-16/h3-11H,12H2,1-2H3. The van der Waals surface area contributed by atoms with Crippen LogP contribution in [0, 0.1) is 0 Å². The lowest BCUT2D eigenvalue weighted by Crippen LogP contribution is -2.06. The number of nitrogens with zero attached hydrogens (tertiary/aromatic N) is 3. The number of hydrogen-bond donors (Lipinski definition) is 0. The minimum Gasteiger partial charge on any atom is -0.493 e. The van der Waals surface area contributed by atoms with Crippen molar-refractivity contribution in [2.45, 2.75) is 6.61 Å². The maximum absolute atomic E-state index is 12.5. The van der Waals surface area contributed by atoms with Gasteiger partial charge in [-0.3, -0.25) is 4.98 Å². The lowest BCUT2D eigenvalue weighted by Gasteiger charge is -2.07. The normalized spacial score (nSPS) is 10.7. The summed E-state index contributed by atoms with van der Waals surface area (Å²) in [6.07, 6.45) is 1.67. The highest BCUT2D eigenvalue weighted by Crippen LogP contribution is 2.31. The predicted octanol–water partition coefficient (Wildman–Crippen LogP) is 3.66. The highest BCUT2D eigenvalue weighted by Gasteiger charge is 2.16. The predicted molar refractivity (Wildman–Crippen MR) is 104 cm³/mol. The van der Waals surface area contributed by atoms with Crippen LogP contribution in [0.15, 0.2) is 59.3 Å². The molecule has 4 rings (SSSR count). The monoisotopic (exact) mass is 391 g/mol. The summed E-state index contributed by atoms with van der Waals surface area (Å²) < 4.78 is 21.0. The van der Waals surface area contributed by atoms with E-state index in [1.54, 1.807) is 56.8 Å². The van der Waals surface area contributed by atoms with Crippen molar-refractivity contribution in [3.8, 4) is 22.9 Å². The maximum atomic E-state index is 12.5. The van der Waals surface area contributed by atoms with Crippen molar-refractivity contribution in [2.75, 3.05) is 14.2 Å². The fourth-order valence-corrected chi connectivity index (χ4v) is 2.89. The minimum atomic E-state index is -0.491. The number of aromatic nitrogens is 3. The van der Waals surface area contributed by atoms with Gasteiger partial charge in [0.1, 0.15) is 0 Å². The first kappa shape index (κ1) is 18.4. The zero-order valence-electron chi connectivity index (χ0n) is 15.8. The van der Waals surface area contributed by atoms with Crippen LogP contribution in [0.2, 0.25) is 0 Å². The third-order valence-electron chi connectivity index (χ3n) is 4.30. The van der Waals surface area contributed by atoms with Gasteiger partial charge in [-0.15, -0.1) is 0 Å². The highest BCUT2D eigenvalue weighted by molar-refractivity contribution is 6.03. The molecule has 8 heteroatoms. The number of carbonyl (C=O) groups excluding carboxylic acids is 1. The molecule has 29 heavy (non-hydrogen) atoms. The Kier molecular flexibility index (Phi) is 5.07. The van der Waals surface area contributed by atoms with Gasteiger partial charge in [0.15, 0.2) is 18.1 Å². The van der Waals surface area contributed by atoms with Gasteiger partial charge in [0.25, 0.3) is 5.89 Å². The van der Waals surface area contributed by atoms with Crippen molar-refractivity contribution < 1.29 is 23.5 Å². The number of carbonyl (C=O) groups is 1. The zero-order valence-corrected chi connectivity index (χ0v) is 15.8. The van der Waals surface area contributed by atoms with Gasteiger partial charge in [-0.2, -0.15) is 4.98 Å². The Labute approximate surface area is 166 Å². The van der Waals surface area contributed by atoms with Crippen LogP contribution < -0.4 is 9.47 Å². The number of fused-ring (bicyclic) bond motifs is 1. The van der Waals surface area contributed by atoms with E-state index in [4.69, 9.17) is 18.7 Å². The molecule has 0 saturated carbocycles. The molecule has 2 aromatic heterocycles. The van der Waals surface area contributed by atoms with E-state index in [1.165, 1.54) is 0 Å². The van der Waals surface area contributed by atoms with E-state index in [2.05, 4.69) is 15.1 Å². The van der Waals surface area contributed by atoms with Crippen LogP contribution in [0.3, 0.4) is 0 Å². The highest BCUT2D eigenvalue weighted by atomic mass is 16.6. The molecule has 0 N–H and O–H groups in total. The molecule has 0 aliphatic heterocycles. The molecule has 2 heterocycles. The molecule has 0 unspecified atom stereocenters. The Hall–Kier alpha value is -3.94. The van der Waals surface area contributed by atoms with Crippen LogP contribution in [0.4, 0.5) is 0 Å². The molecule has 8 nitrogen and oxygen atoms in total. The summed E-state index contributed by atoms with van der Waals surface area (Å²) >= 11 is 0. The number of methoxy groups -OCH3 is 2. The van der Waals surface area contributed by atoms with Gasteiger partial charge < -0.3 is 18.7 Å². The van der Waals surface area contributed by atoms with Gasteiger partial charge in [-0.05, 0) is 36.4 Å². The molecule has 0 radical (unpaired) electrons. The number of pyridine rings is 1. The zero-order chi connectivity index (χ0) is 20.2. The van der Waals surface area contributed by atoms with Gasteiger partial charge in [0.05, 0.1) is 25.3 Å².